The minimum atomic E-state index is -0.191. The SMILES string of the molecule is O=C(NCCc1cccc(Cl)c1)c1ccnc(NC2CC2)n1. The lowest BCUT2D eigenvalue weighted by Gasteiger charge is -2.07. The van der Waals surface area contributed by atoms with E-state index in [2.05, 4.69) is 20.6 Å². The zero-order valence-electron chi connectivity index (χ0n) is 12.1. The fourth-order valence-electron chi connectivity index (χ4n) is 2.07. The van der Waals surface area contributed by atoms with Crippen molar-refractivity contribution in [3.8, 4) is 0 Å². The Morgan fingerprint density at radius 3 is 2.95 bits per heavy atom. The standard InChI is InChI=1S/C16H17ClN4O/c17-12-3-1-2-11(10-12)6-8-18-15(22)14-7-9-19-16(21-14)20-13-4-5-13/h1-3,7,9-10,13H,4-6,8H2,(H,18,22)(H,19,20,21). The first kappa shape index (κ1) is 14.8. The van der Waals surface area contributed by atoms with Crippen molar-refractivity contribution >= 4 is 23.5 Å². The van der Waals surface area contributed by atoms with Crippen LogP contribution in [0, 0.1) is 0 Å². The van der Waals surface area contributed by atoms with Gasteiger partial charge in [-0.1, -0.05) is 23.7 Å². The molecular formula is C16H17ClN4O. The lowest BCUT2D eigenvalue weighted by molar-refractivity contribution is 0.0949. The van der Waals surface area contributed by atoms with Gasteiger partial charge >= 0.3 is 0 Å². The molecule has 1 aliphatic carbocycles. The smallest absolute Gasteiger partial charge is 0.270 e. The predicted molar refractivity (Wildman–Crippen MR) is 86.2 cm³/mol. The zero-order chi connectivity index (χ0) is 15.4. The van der Waals surface area contributed by atoms with Crippen LogP contribution in [0.2, 0.25) is 5.02 Å². The third-order valence-corrected chi connectivity index (χ3v) is 3.62. The van der Waals surface area contributed by atoms with Crippen LogP contribution >= 0.6 is 11.6 Å². The van der Waals surface area contributed by atoms with Crippen LogP contribution in [-0.2, 0) is 6.42 Å². The van der Waals surface area contributed by atoms with Crippen molar-refractivity contribution in [1.29, 1.82) is 0 Å². The van der Waals surface area contributed by atoms with Crippen molar-refractivity contribution < 1.29 is 4.79 Å². The number of amides is 1. The van der Waals surface area contributed by atoms with Crippen LogP contribution in [0.25, 0.3) is 0 Å². The van der Waals surface area contributed by atoms with Crippen LogP contribution in [0.4, 0.5) is 5.95 Å². The van der Waals surface area contributed by atoms with Crippen molar-refractivity contribution in [2.45, 2.75) is 25.3 Å². The number of carbonyl (C=O) groups excluding carboxylic acids is 1. The number of nitrogens with zero attached hydrogens (tertiary/aromatic N) is 2. The average molecular weight is 317 g/mol. The number of hydrogen-bond donors (Lipinski definition) is 2. The van der Waals surface area contributed by atoms with Gasteiger partial charge in [0.15, 0.2) is 0 Å². The molecule has 1 aromatic carbocycles. The van der Waals surface area contributed by atoms with E-state index in [1.165, 1.54) is 0 Å². The highest BCUT2D eigenvalue weighted by atomic mass is 35.5. The van der Waals surface area contributed by atoms with E-state index >= 15 is 0 Å². The van der Waals surface area contributed by atoms with Gasteiger partial charge in [0.2, 0.25) is 5.95 Å². The van der Waals surface area contributed by atoms with Gasteiger partial charge in [-0.15, -0.1) is 0 Å². The molecule has 1 aliphatic rings. The van der Waals surface area contributed by atoms with Gasteiger partial charge in [0.25, 0.3) is 5.91 Å². The predicted octanol–water partition coefficient (Wildman–Crippen LogP) is 2.68. The van der Waals surface area contributed by atoms with E-state index in [1.54, 1.807) is 12.3 Å². The van der Waals surface area contributed by atoms with Gasteiger partial charge in [0, 0.05) is 23.8 Å². The molecule has 0 atom stereocenters. The summed E-state index contributed by atoms with van der Waals surface area (Å²) in [6, 6.07) is 9.70. The topological polar surface area (TPSA) is 66.9 Å². The van der Waals surface area contributed by atoms with Crippen LogP contribution in [0.5, 0.6) is 0 Å². The Bertz CT molecular complexity index is 673. The Morgan fingerprint density at radius 2 is 2.18 bits per heavy atom. The van der Waals surface area contributed by atoms with E-state index in [1.807, 2.05) is 24.3 Å². The number of rotatable bonds is 6. The highest BCUT2D eigenvalue weighted by Gasteiger charge is 2.22. The number of anilines is 1. The number of benzene rings is 1. The molecule has 3 rings (SSSR count). The van der Waals surface area contributed by atoms with E-state index in [4.69, 9.17) is 11.6 Å². The summed E-state index contributed by atoms with van der Waals surface area (Å²) in [4.78, 5) is 20.5. The van der Waals surface area contributed by atoms with Gasteiger partial charge in [0.05, 0.1) is 0 Å². The van der Waals surface area contributed by atoms with E-state index in [-0.39, 0.29) is 5.91 Å². The van der Waals surface area contributed by atoms with Gasteiger partial charge in [-0.05, 0) is 43.0 Å². The molecule has 114 valence electrons. The molecule has 1 fully saturated rings. The summed E-state index contributed by atoms with van der Waals surface area (Å²) in [7, 11) is 0. The Hall–Kier alpha value is -2.14. The second-order valence-corrected chi connectivity index (χ2v) is 5.76. The maximum atomic E-state index is 12.1. The third-order valence-electron chi connectivity index (χ3n) is 3.39. The highest BCUT2D eigenvalue weighted by molar-refractivity contribution is 6.30. The minimum absolute atomic E-state index is 0.191. The van der Waals surface area contributed by atoms with E-state index < -0.39 is 0 Å². The molecule has 0 unspecified atom stereocenters. The van der Waals surface area contributed by atoms with Gasteiger partial charge in [-0.2, -0.15) is 0 Å². The molecule has 6 heteroatoms. The van der Waals surface area contributed by atoms with Crippen molar-refractivity contribution in [2.75, 3.05) is 11.9 Å². The molecule has 1 aromatic heterocycles. The summed E-state index contributed by atoms with van der Waals surface area (Å²) in [5.41, 5.74) is 1.47. The number of hydrogen-bond acceptors (Lipinski definition) is 4. The molecule has 1 amide bonds. The van der Waals surface area contributed by atoms with E-state index in [9.17, 15) is 4.79 Å². The zero-order valence-corrected chi connectivity index (χ0v) is 12.8. The number of halogens is 1. The number of aromatic nitrogens is 2. The Kier molecular flexibility index (Phi) is 4.53. The fourth-order valence-corrected chi connectivity index (χ4v) is 2.28. The second kappa shape index (κ2) is 6.75. The minimum Gasteiger partial charge on any atom is -0.351 e. The van der Waals surface area contributed by atoms with E-state index in [0.29, 0.717) is 29.3 Å². The summed E-state index contributed by atoms with van der Waals surface area (Å²) in [5, 5.41) is 6.75. The third kappa shape index (κ3) is 4.18. The van der Waals surface area contributed by atoms with Crippen LogP contribution in [0.15, 0.2) is 36.5 Å². The quantitative estimate of drug-likeness (QED) is 0.860. The van der Waals surface area contributed by atoms with Gasteiger partial charge in [-0.25, -0.2) is 9.97 Å². The Morgan fingerprint density at radius 1 is 1.32 bits per heavy atom. The van der Waals surface area contributed by atoms with Crippen molar-refractivity contribution in [1.82, 2.24) is 15.3 Å². The Labute approximate surface area is 134 Å². The number of nitrogens with one attached hydrogen (secondary N) is 2. The van der Waals surface area contributed by atoms with Gasteiger partial charge in [-0.3, -0.25) is 4.79 Å². The molecule has 2 N–H and O–H groups in total. The van der Waals surface area contributed by atoms with Crippen molar-refractivity contribution in [3.63, 3.8) is 0 Å². The molecule has 0 spiro atoms. The summed E-state index contributed by atoms with van der Waals surface area (Å²) < 4.78 is 0. The summed E-state index contributed by atoms with van der Waals surface area (Å²) >= 11 is 5.93. The maximum Gasteiger partial charge on any atom is 0.270 e. The maximum absolute atomic E-state index is 12.1. The fraction of sp³-hybridized carbons (Fsp3) is 0.312. The molecule has 0 bridgehead atoms. The van der Waals surface area contributed by atoms with Gasteiger partial charge in [0.1, 0.15) is 5.69 Å². The van der Waals surface area contributed by atoms with E-state index in [0.717, 1.165) is 24.8 Å². The molecule has 5 nitrogen and oxygen atoms in total. The molecule has 0 saturated heterocycles. The Balaban J connectivity index is 1.53. The van der Waals surface area contributed by atoms with Crippen LogP contribution in [0.1, 0.15) is 28.9 Å². The first-order valence-electron chi connectivity index (χ1n) is 7.33. The van der Waals surface area contributed by atoms with Crippen LogP contribution in [-0.4, -0.2) is 28.5 Å². The summed E-state index contributed by atoms with van der Waals surface area (Å²) in [6.45, 7) is 0.536. The summed E-state index contributed by atoms with van der Waals surface area (Å²) in [6.07, 6.45) is 4.60. The summed E-state index contributed by atoms with van der Waals surface area (Å²) in [5.74, 6) is 0.327. The molecule has 22 heavy (non-hydrogen) atoms. The molecule has 1 heterocycles. The molecule has 2 aromatic rings. The lowest BCUT2D eigenvalue weighted by atomic mass is 10.1. The highest BCUT2D eigenvalue weighted by Crippen LogP contribution is 2.22. The molecule has 0 aliphatic heterocycles. The first-order valence-corrected chi connectivity index (χ1v) is 7.71. The number of carbonyl (C=O) groups is 1. The normalized spacial score (nSPS) is 13.7. The van der Waals surface area contributed by atoms with Crippen LogP contribution in [0.3, 0.4) is 0 Å². The molecular weight excluding hydrogens is 300 g/mol. The molecule has 0 radical (unpaired) electrons. The van der Waals surface area contributed by atoms with Crippen LogP contribution < -0.4 is 10.6 Å². The van der Waals surface area contributed by atoms with Crippen molar-refractivity contribution in [2.24, 2.45) is 0 Å². The second-order valence-electron chi connectivity index (χ2n) is 5.32. The van der Waals surface area contributed by atoms with Gasteiger partial charge < -0.3 is 10.6 Å². The average Bonchev–Trinajstić information content (AvgIpc) is 3.31. The van der Waals surface area contributed by atoms with Crippen molar-refractivity contribution in [3.05, 3.63) is 52.8 Å². The molecule has 1 saturated carbocycles. The monoisotopic (exact) mass is 316 g/mol. The largest absolute Gasteiger partial charge is 0.351 e. The lowest BCUT2D eigenvalue weighted by Crippen LogP contribution is -2.27. The first-order chi connectivity index (χ1) is 10.7.